The summed E-state index contributed by atoms with van der Waals surface area (Å²) in [6.45, 7) is 2.49. The van der Waals surface area contributed by atoms with E-state index in [4.69, 9.17) is 0 Å². The van der Waals surface area contributed by atoms with Crippen molar-refractivity contribution in [1.82, 2.24) is 9.97 Å². The molecule has 5 rings (SSSR count). The molecule has 7 heteroatoms. The zero-order valence-electron chi connectivity index (χ0n) is 12.7. The molecule has 4 nitrogen and oxygen atoms in total. The largest absolute Gasteiger partial charge is 0.434 e. The number of aromatic nitrogens is 2. The van der Waals surface area contributed by atoms with Gasteiger partial charge in [0, 0.05) is 5.54 Å². The van der Waals surface area contributed by atoms with Crippen LogP contribution in [0.25, 0.3) is 0 Å². The Morgan fingerprint density at radius 1 is 1.14 bits per heavy atom. The predicted molar refractivity (Wildman–Crippen MR) is 75.0 cm³/mol. The van der Waals surface area contributed by atoms with Gasteiger partial charge in [-0.15, -0.1) is 0 Å². The second-order valence-electron chi connectivity index (χ2n) is 8.08. The van der Waals surface area contributed by atoms with Gasteiger partial charge in [0.25, 0.3) is 0 Å². The Bertz CT molecular complexity index is 580. The number of halogens is 3. The Kier molecular flexibility index (Phi) is 2.54. The minimum absolute atomic E-state index is 0.0567. The third-order valence-electron chi connectivity index (χ3n) is 5.70. The molecule has 0 spiro atoms. The van der Waals surface area contributed by atoms with Crippen LogP contribution in [0.3, 0.4) is 0 Å². The standard InChI is InChI=1S/C15H20F3N4/c1-22(2)5-10(6-22)13-7-14(8-13,9-13)21-12-4-19-11(3-20-12)15(16,17)18/h3-4,10H,5-9H2,1-2H3,(H,20,21)/q+1. The summed E-state index contributed by atoms with van der Waals surface area (Å²) in [5, 5.41) is 3.30. The third kappa shape index (κ3) is 2.01. The van der Waals surface area contributed by atoms with Crippen LogP contribution in [0.4, 0.5) is 19.0 Å². The molecule has 0 aromatic carbocycles. The minimum atomic E-state index is -4.43. The van der Waals surface area contributed by atoms with Gasteiger partial charge in [-0.25, -0.2) is 9.97 Å². The van der Waals surface area contributed by atoms with E-state index in [2.05, 4.69) is 29.4 Å². The number of alkyl halides is 3. The van der Waals surface area contributed by atoms with Crippen molar-refractivity contribution in [1.29, 1.82) is 0 Å². The highest BCUT2D eigenvalue weighted by molar-refractivity contribution is 5.43. The molecule has 1 saturated heterocycles. The summed E-state index contributed by atoms with van der Waals surface area (Å²) in [4.78, 5) is 7.32. The lowest BCUT2D eigenvalue weighted by Crippen LogP contribution is -2.78. The van der Waals surface area contributed by atoms with Crippen LogP contribution < -0.4 is 5.32 Å². The molecule has 2 bridgehead atoms. The van der Waals surface area contributed by atoms with Crippen LogP contribution in [0.15, 0.2) is 12.4 Å². The van der Waals surface area contributed by atoms with Crippen molar-refractivity contribution in [3.8, 4) is 0 Å². The molecule has 4 aliphatic rings. The number of anilines is 1. The van der Waals surface area contributed by atoms with Gasteiger partial charge in [0.1, 0.15) is 5.82 Å². The lowest BCUT2D eigenvalue weighted by molar-refractivity contribution is -0.943. The second-order valence-corrected chi connectivity index (χ2v) is 8.08. The molecule has 4 fully saturated rings. The van der Waals surface area contributed by atoms with Crippen LogP contribution >= 0.6 is 0 Å². The minimum Gasteiger partial charge on any atom is -0.363 e. The summed E-state index contributed by atoms with van der Waals surface area (Å²) in [6, 6.07) is 0. The second kappa shape index (κ2) is 3.93. The van der Waals surface area contributed by atoms with E-state index in [-0.39, 0.29) is 5.54 Å². The van der Waals surface area contributed by atoms with E-state index in [1.165, 1.54) is 19.3 Å². The van der Waals surface area contributed by atoms with Gasteiger partial charge in [-0.1, -0.05) is 0 Å². The average molecular weight is 313 g/mol. The number of likely N-dealkylation sites (tertiary alicyclic amines) is 1. The molecule has 1 aromatic heterocycles. The van der Waals surface area contributed by atoms with Crippen molar-refractivity contribution in [3.05, 3.63) is 18.1 Å². The maximum absolute atomic E-state index is 12.5. The Hall–Kier alpha value is -1.37. The predicted octanol–water partition coefficient (Wildman–Crippen LogP) is 2.54. The van der Waals surface area contributed by atoms with E-state index >= 15 is 0 Å². The van der Waals surface area contributed by atoms with Crippen molar-refractivity contribution in [2.24, 2.45) is 11.3 Å². The molecule has 0 atom stereocenters. The fourth-order valence-corrected chi connectivity index (χ4v) is 4.77. The van der Waals surface area contributed by atoms with Crippen molar-refractivity contribution in [3.63, 3.8) is 0 Å². The fourth-order valence-electron chi connectivity index (χ4n) is 4.77. The SMILES string of the molecule is C[N+]1(C)CC(C23CC(Nc4cnc(C(F)(F)F)cn4)(C2)C3)C1. The van der Waals surface area contributed by atoms with Gasteiger partial charge in [0.2, 0.25) is 0 Å². The molecule has 0 unspecified atom stereocenters. The molecule has 3 aliphatic carbocycles. The first-order valence-electron chi connectivity index (χ1n) is 7.61. The monoisotopic (exact) mass is 313 g/mol. The van der Waals surface area contributed by atoms with Crippen molar-refractivity contribution in [2.45, 2.75) is 31.0 Å². The number of rotatable bonds is 3. The summed E-state index contributed by atoms with van der Waals surface area (Å²) in [6.07, 6.45) is 0.921. The lowest BCUT2D eigenvalue weighted by Gasteiger charge is -2.75. The smallest absolute Gasteiger partial charge is 0.363 e. The van der Waals surface area contributed by atoms with Crippen molar-refractivity contribution < 1.29 is 17.7 Å². The van der Waals surface area contributed by atoms with Crippen LogP contribution in [0.5, 0.6) is 0 Å². The first-order valence-corrected chi connectivity index (χ1v) is 7.61. The average Bonchev–Trinajstić information content (AvgIpc) is 2.28. The van der Waals surface area contributed by atoms with Crippen LogP contribution in [-0.4, -0.2) is 47.2 Å². The zero-order chi connectivity index (χ0) is 15.8. The van der Waals surface area contributed by atoms with Gasteiger partial charge in [-0.2, -0.15) is 13.2 Å². The van der Waals surface area contributed by atoms with Crippen molar-refractivity contribution >= 4 is 5.82 Å². The molecule has 3 saturated carbocycles. The summed E-state index contributed by atoms with van der Waals surface area (Å²) in [5.41, 5.74) is -0.400. The number of hydrogen-bond acceptors (Lipinski definition) is 3. The first kappa shape index (κ1) is 14.2. The quantitative estimate of drug-likeness (QED) is 0.872. The molecule has 1 aromatic rings. The molecule has 0 amide bonds. The van der Waals surface area contributed by atoms with Gasteiger partial charge in [-0.3, -0.25) is 0 Å². The van der Waals surface area contributed by atoms with Crippen LogP contribution in [0, 0.1) is 11.3 Å². The van der Waals surface area contributed by atoms with Gasteiger partial charge in [-0.05, 0) is 24.7 Å². The Morgan fingerprint density at radius 3 is 2.23 bits per heavy atom. The highest BCUT2D eigenvalue weighted by atomic mass is 19.4. The van der Waals surface area contributed by atoms with Gasteiger partial charge >= 0.3 is 6.18 Å². The molecule has 1 N–H and O–H groups in total. The first-order chi connectivity index (χ1) is 10.1. The van der Waals surface area contributed by atoms with Crippen LogP contribution in [0.2, 0.25) is 0 Å². The van der Waals surface area contributed by atoms with E-state index in [0.29, 0.717) is 11.2 Å². The van der Waals surface area contributed by atoms with E-state index in [9.17, 15) is 13.2 Å². The number of hydrogen-bond donors (Lipinski definition) is 1. The maximum Gasteiger partial charge on any atom is 0.434 e. The molecular weight excluding hydrogens is 293 g/mol. The normalized spacial score (nSPS) is 36.0. The Labute approximate surface area is 127 Å². The summed E-state index contributed by atoms with van der Waals surface area (Å²) >= 11 is 0. The summed E-state index contributed by atoms with van der Waals surface area (Å²) in [7, 11) is 4.52. The highest BCUT2D eigenvalue weighted by Crippen LogP contribution is 2.72. The van der Waals surface area contributed by atoms with Gasteiger partial charge in [0.05, 0.1) is 45.5 Å². The Balaban J connectivity index is 1.35. The lowest BCUT2D eigenvalue weighted by atomic mass is 9.35. The molecule has 2 heterocycles. The number of quaternary nitrogens is 1. The number of nitrogens with zero attached hydrogens (tertiary/aromatic N) is 3. The fraction of sp³-hybridized carbons (Fsp3) is 0.733. The van der Waals surface area contributed by atoms with Crippen LogP contribution in [0.1, 0.15) is 25.0 Å². The summed E-state index contributed by atoms with van der Waals surface area (Å²) < 4.78 is 38.5. The highest BCUT2D eigenvalue weighted by Gasteiger charge is 2.73. The van der Waals surface area contributed by atoms with Gasteiger partial charge in [0.15, 0.2) is 5.69 Å². The molecule has 1 aliphatic heterocycles. The topological polar surface area (TPSA) is 37.8 Å². The molecule has 0 radical (unpaired) electrons. The number of nitrogens with one attached hydrogen (secondary N) is 1. The van der Waals surface area contributed by atoms with Crippen LogP contribution in [-0.2, 0) is 6.18 Å². The summed E-state index contributed by atoms with van der Waals surface area (Å²) in [5.74, 6) is 1.26. The third-order valence-corrected chi connectivity index (χ3v) is 5.70. The Morgan fingerprint density at radius 2 is 1.77 bits per heavy atom. The molecular formula is C15H20F3N4+. The van der Waals surface area contributed by atoms with E-state index < -0.39 is 11.9 Å². The maximum atomic E-state index is 12.5. The van der Waals surface area contributed by atoms with E-state index in [0.717, 1.165) is 35.9 Å². The zero-order valence-corrected chi connectivity index (χ0v) is 12.7. The van der Waals surface area contributed by atoms with E-state index in [1.54, 1.807) is 0 Å². The van der Waals surface area contributed by atoms with Gasteiger partial charge < -0.3 is 9.80 Å². The molecule has 120 valence electrons. The van der Waals surface area contributed by atoms with E-state index in [1.807, 2.05) is 0 Å². The molecule has 22 heavy (non-hydrogen) atoms. The van der Waals surface area contributed by atoms with Crippen molar-refractivity contribution in [2.75, 3.05) is 32.5 Å².